The van der Waals surface area contributed by atoms with Crippen LogP contribution < -0.4 is 5.32 Å². The van der Waals surface area contributed by atoms with Crippen molar-refractivity contribution in [2.24, 2.45) is 5.92 Å². The van der Waals surface area contributed by atoms with Gasteiger partial charge in [0.15, 0.2) is 11.8 Å². The molecule has 9 nitrogen and oxygen atoms in total. The van der Waals surface area contributed by atoms with Crippen molar-refractivity contribution in [2.45, 2.75) is 44.4 Å². The molecule has 1 aliphatic heterocycles. The molecule has 1 saturated heterocycles. The number of nitro groups is 1. The predicted molar refractivity (Wildman–Crippen MR) is 113 cm³/mol. The van der Waals surface area contributed by atoms with Crippen LogP contribution in [0.2, 0.25) is 0 Å². The number of nitrogens with zero attached hydrogens (tertiary/aromatic N) is 3. The van der Waals surface area contributed by atoms with Crippen molar-refractivity contribution in [3.8, 4) is 0 Å². The molecule has 2 unspecified atom stereocenters. The summed E-state index contributed by atoms with van der Waals surface area (Å²) >= 11 is 0. The van der Waals surface area contributed by atoms with Crippen molar-refractivity contribution in [1.82, 2.24) is 15.3 Å². The Morgan fingerprint density at radius 3 is 2.38 bits per heavy atom. The number of ether oxygens (including phenoxy) is 1. The number of hydrogen-bond donors (Lipinski definition) is 1. The Kier molecular flexibility index (Phi) is 7.92. The molecular weight excluding hydrogens is 457 g/mol. The van der Waals surface area contributed by atoms with E-state index in [1.54, 1.807) is 0 Å². The molecule has 1 fully saturated rings. The van der Waals surface area contributed by atoms with Gasteiger partial charge in [0.25, 0.3) is 6.47 Å². The maximum atomic E-state index is 13.0. The van der Waals surface area contributed by atoms with Crippen molar-refractivity contribution in [1.29, 1.82) is 0 Å². The number of hydrogen-bond acceptors (Lipinski definition) is 8. The SMILES string of the molecule is CC(=O)C(c1ccc(C(F)(F)F)cc1)c1ncnc(C(CC2CCNCC2)OC=O)c1[N+](=O)[O-]. The minimum absolute atomic E-state index is 0.111. The first-order chi connectivity index (χ1) is 16.1. The molecule has 0 amide bonds. The smallest absolute Gasteiger partial charge is 0.416 e. The second kappa shape index (κ2) is 10.7. The zero-order valence-corrected chi connectivity index (χ0v) is 18.2. The molecule has 0 spiro atoms. The summed E-state index contributed by atoms with van der Waals surface area (Å²) in [4.78, 5) is 43.0. The van der Waals surface area contributed by atoms with Gasteiger partial charge < -0.3 is 10.1 Å². The summed E-state index contributed by atoms with van der Waals surface area (Å²) in [6.07, 6.45) is -2.72. The fourth-order valence-corrected chi connectivity index (χ4v) is 4.21. The highest BCUT2D eigenvalue weighted by molar-refractivity contribution is 5.87. The first-order valence-electron chi connectivity index (χ1n) is 10.6. The van der Waals surface area contributed by atoms with Gasteiger partial charge >= 0.3 is 11.9 Å². The molecular formula is C22H23F3N4O5. The van der Waals surface area contributed by atoms with E-state index >= 15 is 0 Å². The largest absolute Gasteiger partial charge is 0.458 e. The van der Waals surface area contributed by atoms with Crippen LogP contribution in [0.25, 0.3) is 0 Å². The quantitative estimate of drug-likeness (QED) is 0.327. The van der Waals surface area contributed by atoms with E-state index in [1.165, 1.54) is 6.92 Å². The molecule has 182 valence electrons. The van der Waals surface area contributed by atoms with Gasteiger partial charge in [-0.25, -0.2) is 9.97 Å². The highest BCUT2D eigenvalue weighted by Crippen LogP contribution is 2.39. The van der Waals surface area contributed by atoms with Crippen molar-refractivity contribution in [3.63, 3.8) is 0 Å². The van der Waals surface area contributed by atoms with Gasteiger partial charge in [0.1, 0.15) is 17.8 Å². The Hall–Kier alpha value is -3.41. The van der Waals surface area contributed by atoms with E-state index in [4.69, 9.17) is 4.74 Å². The molecule has 0 bridgehead atoms. The van der Waals surface area contributed by atoms with E-state index in [2.05, 4.69) is 15.3 Å². The van der Waals surface area contributed by atoms with Crippen LogP contribution in [-0.4, -0.2) is 40.2 Å². The number of rotatable bonds is 9. The highest BCUT2D eigenvalue weighted by Gasteiger charge is 2.37. The number of carbonyl (C=O) groups is 2. The first kappa shape index (κ1) is 25.2. The summed E-state index contributed by atoms with van der Waals surface area (Å²) in [6.45, 7) is 2.88. The van der Waals surface area contributed by atoms with Gasteiger partial charge in [0, 0.05) is 0 Å². The lowest BCUT2D eigenvalue weighted by Crippen LogP contribution is -2.29. The summed E-state index contributed by atoms with van der Waals surface area (Å²) in [5, 5.41) is 15.3. The molecule has 1 aromatic heterocycles. The number of alkyl halides is 3. The summed E-state index contributed by atoms with van der Waals surface area (Å²) in [6, 6.07) is 3.78. The van der Waals surface area contributed by atoms with Gasteiger partial charge in [-0.1, -0.05) is 12.1 Å². The van der Waals surface area contributed by atoms with Crippen LogP contribution in [0, 0.1) is 16.0 Å². The lowest BCUT2D eigenvalue weighted by molar-refractivity contribution is -0.387. The predicted octanol–water partition coefficient (Wildman–Crippen LogP) is 3.73. The number of ketones is 1. The molecule has 2 atom stereocenters. The van der Waals surface area contributed by atoms with E-state index < -0.39 is 40.2 Å². The molecule has 0 radical (unpaired) electrons. The molecule has 34 heavy (non-hydrogen) atoms. The van der Waals surface area contributed by atoms with Crippen LogP contribution in [0.15, 0.2) is 30.6 Å². The Morgan fingerprint density at radius 2 is 1.85 bits per heavy atom. The molecule has 2 aromatic rings. The summed E-state index contributed by atoms with van der Waals surface area (Å²) in [5.74, 6) is -1.73. The number of piperidine rings is 1. The van der Waals surface area contributed by atoms with Crippen molar-refractivity contribution >= 4 is 17.9 Å². The number of nitrogens with one attached hydrogen (secondary N) is 1. The van der Waals surface area contributed by atoms with Crippen LogP contribution in [0.1, 0.15) is 60.7 Å². The Morgan fingerprint density at radius 1 is 1.24 bits per heavy atom. The molecule has 0 saturated carbocycles. The summed E-state index contributed by atoms with van der Waals surface area (Å²) in [7, 11) is 0. The average molecular weight is 480 g/mol. The van der Waals surface area contributed by atoms with E-state index in [9.17, 15) is 32.9 Å². The van der Waals surface area contributed by atoms with Gasteiger partial charge in [0.05, 0.1) is 16.4 Å². The molecule has 2 heterocycles. The number of benzene rings is 1. The molecule has 1 aliphatic rings. The fraction of sp³-hybridized carbons (Fsp3) is 0.455. The van der Waals surface area contributed by atoms with E-state index in [0.29, 0.717) is 6.42 Å². The van der Waals surface area contributed by atoms with Crippen LogP contribution in [0.4, 0.5) is 18.9 Å². The second-order valence-electron chi connectivity index (χ2n) is 8.06. The van der Waals surface area contributed by atoms with Gasteiger partial charge in [-0.2, -0.15) is 13.2 Å². The lowest BCUT2D eigenvalue weighted by atomic mass is 9.87. The molecule has 3 rings (SSSR count). The Labute approximate surface area is 192 Å². The Balaban J connectivity index is 2.07. The number of halogens is 3. The standard InChI is InChI=1S/C22H23F3N4O5/c1-13(31)18(15-2-4-16(5-3-15)22(23,24)25)20-21(29(32)33)19(27-11-28-20)17(34-12-30)10-14-6-8-26-9-7-14/h2-5,11-12,14,17-18,26H,6-10H2,1H3. The number of Topliss-reactive ketones (excluding diaryl/α,β-unsaturated/α-hetero) is 1. The minimum Gasteiger partial charge on any atom is -0.458 e. The summed E-state index contributed by atoms with van der Waals surface area (Å²) < 4.78 is 44.0. The zero-order chi connectivity index (χ0) is 24.9. The topological polar surface area (TPSA) is 124 Å². The van der Waals surface area contributed by atoms with Gasteiger partial charge in [0.2, 0.25) is 0 Å². The average Bonchev–Trinajstić information content (AvgIpc) is 2.79. The van der Waals surface area contributed by atoms with E-state index in [-0.39, 0.29) is 29.3 Å². The zero-order valence-electron chi connectivity index (χ0n) is 18.2. The van der Waals surface area contributed by atoms with E-state index in [1.807, 2.05) is 0 Å². The maximum absolute atomic E-state index is 13.0. The molecule has 1 N–H and O–H groups in total. The third kappa shape index (κ3) is 5.74. The monoisotopic (exact) mass is 480 g/mol. The minimum atomic E-state index is -4.58. The van der Waals surface area contributed by atoms with E-state index in [0.717, 1.165) is 56.5 Å². The van der Waals surface area contributed by atoms with Gasteiger partial charge in [-0.3, -0.25) is 19.7 Å². The van der Waals surface area contributed by atoms with Crippen LogP contribution >= 0.6 is 0 Å². The fourth-order valence-electron chi connectivity index (χ4n) is 4.21. The molecule has 0 aliphatic carbocycles. The van der Waals surface area contributed by atoms with Crippen molar-refractivity contribution < 1.29 is 32.4 Å². The van der Waals surface area contributed by atoms with Gasteiger partial charge in [-0.15, -0.1) is 0 Å². The lowest BCUT2D eigenvalue weighted by Gasteiger charge is -2.26. The third-order valence-electron chi connectivity index (χ3n) is 5.84. The maximum Gasteiger partial charge on any atom is 0.416 e. The first-order valence-corrected chi connectivity index (χ1v) is 10.6. The second-order valence-corrected chi connectivity index (χ2v) is 8.06. The van der Waals surface area contributed by atoms with Crippen LogP contribution in [0.3, 0.4) is 0 Å². The van der Waals surface area contributed by atoms with Crippen LogP contribution in [0.5, 0.6) is 0 Å². The Bertz CT molecular complexity index is 1040. The third-order valence-corrected chi connectivity index (χ3v) is 5.84. The van der Waals surface area contributed by atoms with Crippen molar-refractivity contribution in [2.75, 3.05) is 13.1 Å². The highest BCUT2D eigenvalue weighted by atomic mass is 19.4. The van der Waals surface area contributed by atoms with Crippen molar-refractivity contribution in [3.05, 3.63) is 63.2 Å². The molecule has 1 aromatic carbocycles. The molecule has 12 heteroatoms. The summed E-state index contributed by atoms with van der Waals surface area (Å²) in [5.41, 5.74) is -1.83. The number of aromatic nitrogens is 2. The number of carbonyl (C=O) groups excluding carboxylic acids is 2. The van der Waals surface area contributed by atoms with Gasteiger partial charge in [-0.05, 0) is 62.9 Å². The van der Waals surface area contributed by atoms with Crippen LogP contribution in [-0.2, 0) is 20.5 Å². The normalized spacial score (nSPS) is 16.5.